The van der Waals surface area contributed by atoms with Crippen molar-refractivity contribution >= 4 is 5.78 Å². The van der Waals surface area contributed by atoms with Crippen molar-refractivity contribution in [1.82, 2.24) is 9.78 Å². The first-order valence-electron chi connectivity index (χ1n) is 5.46. The van der Waals surface area contributed by atoms with Gasteiger partial charge in [-0.25, -0.2) is 8.78 Å². The molecular weight excluding hydrogens is 238 g/mol. The minimum Gasteiger partial charge on any atom is -0.293 e. The van der Waals surface area contributed by atoms with E-state index in [1.54, 1.807) is 17.7 Å². The largest absolute Gasteiger partial charge is 0.293 e. The molecule has 0 amide bonds. The van der Waals surface area contributed by atoms with Gasteiger partial charge in [0.15, 0.2) is 5.78 Å². The first-order valence-corrected chi connectivity index (χ1v) is 5.46. The Bertz CT molecular complexity index is 585. The molecule has 1 heterocycles. The molecule has 0 unspecified atom stereocenters. The van der Waals surface area contributed by atoms with Crippen LogP contribution in [0.4, 0.5) is 8.78 Å². The maximum atomic E-state index is 13.0. The Morgan fingerprint density at radius 2 is 1.83 bits per heavy atom. The molecule has 0 N–H and O–H groups in total. The van der Waals surface area contributed by atoms with Crippen LogP contribution in [0.3, 0.4) is 0 Å². The number of aromatic nitrogens is 2. The molecule has 1 aromatic heterocycles. The molecule has 0 saturated heterocycles. The normalized spacial score (nSPS) is 10.7. The number of halogens is 2. The van der Waals surface area contributed by atoms with Crippen LogP contribution in [0, 0.1) is 18.6 Å². The number of Topliss-reactive ketones (excluding diaryl/α,β-unsaturated/α-hetero) is 1. The lowest BCUT2D eigenvalue weighted by Crippen LogP contribution is -2.05. The van der Waals surface area contributed by atoms with Gasteiger partial charge in [0.1, 0.15) is 17.3 Å². The summed E-state index contributed by atoms with van der Waals surface area (Å²) in [6, 6.07) is 4.97. The smallest absolute Gasteiger partial charge is 0.179 e. The first kappa shape index (κ1) is 12.4. The maximum Gasteiger partial charge on any atom is 0.179 e. The summed E-state index contributed by atoms with van der Waals surface area (Å²) >= 11 is 0. The van der Waals surface area contributed by atoms with Gasteiger partial charge in [0.25, 0.3) is 0 Å². The number of hydrogen-bond donors (Lipinski definition) is 0. The van der Waals surface area contributed by atoms with E-state index in [1.165, 1.54) is 19.1 Å². The molecule has 5 heteroatoms. The molecule has 0 aliphatic carbocycles. The highest BCUT2D eigenvalue weighted by molar-refractivity contribution is 5.92. The molecule has 1 aromatic carbocycles. The second kappa shape index (κ2) is 4.68. The molecule has 0 fully saturated rings. The van der Waals surface area contributed by atoms with E-state index in [0.29, 0.717) is 11.3 Å². The lowest BCUT2D eigenvalue weighted by atomic mass is 10.2. The van der Waals surface area contributed by atoms with Crippen molar-refractivity contribution in [3.8, 4) is 0 Å². The van der Waals surface area contributed by atoms with Crippen molar-refractivity contribution in [2.24, 2.45) is 0 Å². The van der Waals surface area contributed by atoms with Crippen LogP contribution in [-0.2, 0) is 6.54 Å². The predicted molar refractivity (Wildman–Crippen MR) is 62.4 cm³/mol. The Labute approximate surface area is 103 Å². The number of carbonyl (C=O) groups is 1. The molecular formula is C13H12F2N2O. The van der Waals surface area contributed by atoms with Gasteiger partial charge >= 0.3 is 0 Å². The summed E-state index contributed by atoms with van der Waals surface area (Å²) in [5.74, 6) is -1.38. The summed E-state index contributed by atoms with van der Waals surface area (Å²) in [5.41, 5.74) is 1.59. The van der Waals surface area contributed by atoms with Crippen LogP contribution in [-0.4, -0.2) is 15.6 Å². The Morgan fingerprint density at radius 3 is 2.33 bits per heavy atom. The van der Waals surface area contributed by atoms with E-state index in [9.17, 15) is 13.6 Å². The van der Waals surface area contributed by atoms with E-state index in [2.05, 4.69) is 5.10 Å². The summed E-state index contributed by atoms with van der Waals surface area (Å²) in [7, 11) is 0. The molecule has 0 saturated carbocycles. The highest BCUT2D eigenvalue weighted by Gasteiger charge is 2.09. The summed E-state index contributed by atoms with van der Waals surface area (Å²) < 4.78 is 27.6. The monoisotopic (exact) mass is 250 g/mol. The molecule has 0 spiro atoms. The van der Waals surface area contributed by atoms with Crippen molar-refractivity contribution in [2.75, 3.05) is 0 Å². The average molecular weight is 250 g/mol. The first-order chi connectivity index (χ1) is 8.45. The molecule has 94 valence electrons. The summed E-state index contributed by atoms with van der Waals surface area (Å²) in [5, 5.41) is 4.09. The van der Waals surface area contributed by atoms with Crippen LogP contribution < -0.4 is 0 Å². The second-order valence-corrected chi connectivity index (χ2v) is 4.16. The third-order valence-corrected chi connectivity index (χ3v) is 2.60. The third-order valence-electron chi connectivity index (χ3n) is 2.60. The van der Waals surface area contributed by atoms with E-state index in [4.69, 9.17) is 0 Å². The second-order valence-electron chi connectivity index (χ2n) is 4.16. The van der Waals surface area contributed by atoms with Crippen LogP contribution >= 0.6 is 0 Å². The van der Waals surface area contributed by atoms with Crippen LogP contribution in [0.5, 0.6) is 0 Å². The zero-order chi connectivity index (χ0) is 13.3. The van der Waals surface area contributed by atoms with E-state index >= 15 is 0 Å². The number of aryl methyl sites for hydroxylation is 1. The van der Waals surface area contributed by atoms with Crippen molar-refractivity contribution in [2.45, 2.75) is 20.4 Å². The Balaban J connectivity index is 2.30. The van der Waals surface area contributed by atoms with Crippen LogP contribution in [0.25, 0.3) is 0 Å². The minimum atomic E-state index is -0.624. The predicted octanol–water partition coefficient (Wildman–Crippen LogP) is 2.72. The highest BCUT2D eigenvalue weighted by Crippen LogP contribution is 2.11. The Kier molecular flexibility index (Phi) is 3.23. The summed E-state index contributed by atoms with van der Waals surface area (Å²) in [6.45, 7) is 3.44. The fraction of sp³-hybridized carbons (Fsp3) is 0.231. The number of hydrogen-bond acceptors (Lipinski definition) is 2. The van der Waals surface area contributed by atoms with Gasteiger partial charge in [-0.15, -0.1) is 0 Å². The molecule has 0 aliphatic heterocycles. The maximum absolute atomic E-state index is 13.0. The fourth-order valence-electron chi connectivity index (χ4n) is 1.72. The minimum absolute atomic E-state index is 0.137. The van der Waals surface area contributed by atoms with E-state index in [0.717, 1.165) is 11.8 Å². The van der Waals surface area contributed by atoms with Crippen LogP contribution in [0.2, 0.25) is 0 Å². The van der Waals surface area contributed by atoms with Gasteiger partial charge in [0, 0.05) is 18.7 Å². The van der Waals surface area contributed by atoms with Crippen LogP contribution in [0.1, 0.15) is 28.7 Å². The molecule has 0 bridgehead atoms. The lowest BCUT2D eigenvalue weighted by molar-refractivity contribution is 0.101. The number of nitrogens with zero attached hydrogens (tertiary/aromatic N) is 2. The van der Waals surface area contributed by atoms with Gasteiger partial charge in [0.2, 0.25) is 0 Å². The van der Waals surface area contributed by atoms with Gasteiger partial charge in [-0.2, -0.15) is 5.10 Å². The fourth-order valence-corrected chi connectivity index (χ4v) is 1.72. The van der Waals surface area contributed by atoms with Gasteiger partial charge in [-0.05, 0) is 30.7 Å². The molecule has 0 atom stereocenters. The summed E-state index contributed by atoms with van der Waals surface area (Å²) in [4.78, 5) is 11.2. The SMILES string of the molecule is CC(=O)c1cc(C)n(Cc2cc(F)cc(F)c2)n1. The topological polar surface area (TPSA) is 34.9 Å². The highest BCUT2D eigenvalue weighted by atomic mass is 19.1. The number of carbonyl (C=O) groups excluding carboxylic acids is 1. The summed E-state index contributed by atoms with van der Waals surface area (Å²) in [6.07, 6.45) is 0. The quantitative estimate of drug-likeness (QED) is 0.785. The zero-order valence-corrected chi connectivity index (χ0v) is 10.1. The van der Waals surface area contributed by atoms with E-state index in [1.807, 2.05) is 0 Å². The van der Waals surface area contributed by atoms with Crippen molar-refractivity contribution in [1.29, 1.82) is 0 Å². The van der Waals surface area contributed by atoms with E-state index < -0.39 is 11.6 Å². The van der Waals surface area contributed by atoms with Gasteiger partial charge < -0.3 is 0 Å². The van der Waals surface area contributed by atoms with Crippen molar-refractivity contribution in [3.05, 3.63) is 52.9 Å². The number of rotatable bonds is 3. The Morgan fingerprint density at radius 1 is 1.22 bits per heavy atom. The van der Waals surface area contributed by atoms with Crippen molar-refractivity contribution in [3.63, 3.8) is 0 Å². The third kappa shape index (κ3) is 2.61. The lowest BCUT2D eigenvalue weighted by Gasteiger charge is -2.05. The molecule has 2 aromatic rings. The van der Waals surface area contributed by atoms with E-state index in [-0.39, 0.29) is 12.3 Å². The molecule has 3 nitrogen and oxygen atoms in total. The zero-order valence-electron chi connectivity index (χ0n) is 10.1. The van der Waals surface area contributed by atoms with Crippen LogP contribution in [0.15, 0.2) is 24.3 Å². The van der Waals surface area contributed by atoms with Crippen molar-refractivity contribution < 1.29 is 13.6 Å². The average Bonchev–Trinajstić information content (AvgIpc) is 2.59. The molecule has 2 rings (SSSR count). The molecule has 18 heavy (non-hydrogen) atoms. The molecule has 0 radical (unpaired) electrons. The standard InChI is InChI=1S/C13H12F2N2O/c1-8-3-13(9(2)18)16-17(8)7-10-4-11(14)6-12(15)5-10/h3-6H,7H2,1-2H3. The number of ketones is 1. The molecule has 0 aliphatic rings. The van der Waals surface area contributed by atoms with Gasteiger partial charge in [-0.1, -0.05) is 0 Å². The van der Waals surface area contributed by atoms with Gasteiger partial charge in [0.05, 0.1) is 6.54 Å². The van der Waals surface area contributed by atoms with Gasteiger partial charge in [-0.3, -0.25) is 9.48 Å². The Hall–Kier alpha value is -2.04. The number of benzene rings is 1.